The van der Waals surface area contributed by atoms with E-state index in [1.807, 2.05) is 0 Å². The maximum Gasteiger partial charge on any atom is 0.145 e. The molecule has 1 aromatic heterocycles. The Hall–Kier alpha value is -7.23. The molecule has 0 unspecified atom stereocenters. The van der Waals surface area contributed by atoms with E-state index in [9.17, 15) is 0 Å². The van der Waals surface area contributed by atoms with Crippen molar-refractivity contribution in [1.29, 1.82) is 0 Å². The third kappa shape index (κ3) is 5.69. The molecule has 1 heterocycles. The fourth-order valence-corrected chi connectivity index (χ4v) is 7.70. The number of aromatic nitrogens is 2. The summed E-state index contributed by atoms with van der Waals surface area (Å²) in [5.41, 5.74) is 12.3. The lowest BCUT2D eigenvalue weighted by Crippen LogP contribution is -2.10. The number of imidazole rings is 1. The van der Waals surface area contributed by atoms with E-state index in [2.05, 4.69) is 222 Å². The third-order valence-corrected chi connectivity index (χ3v) is 10.4. The van der Waals surface area contributed by atoms with Gasteiger partial charge in [0.05, 0.1) is 11.0 Å². The maximum absolute atomic E-state index is 5.25. The zero-order chi connectivity index (χ0) is 35.8. The van der Waals surface area contributed by atoms with E-state index < -0.39 is 0 Å². The van der Waals surface area contributed by atoms with E-state index in [0.29, 0.717) is 0 Å². The van der Waals surface area contributed by atoms with Gasteiger partial charge in [-0.05, 0) is 117 Å². The number of rotatable bonds is 7. The Balaban J connectivity index is 1.08. The van der Waals surface area contributed by atoms with Gasteiger partial charge in [0.2, 0.25) is 0 Å². The molecule has 3 nitrogen and oxygen atoms in total. The van der Waals surface area contributed by atoms with Crippen molar-refractivity contribution >= 4 is 49.6 Å². The van der Waals surface area contributed by atoms with Crippen LogP contribution in [0.4, 0.5) is 17.1 Å². The average molecular weight is 690 g/mol. The van der Waals surface area contributed by atoms with Gasteiger partial charge in [-0.1, -0.05) is 140 Å². The minimum absolute atomic E-state index is 0.913. The van der Waals surface area contributed by atoms with E-state index in [-0.39, 0.29) is 0 Å². The van der Waals surface area contributed by atoms with E-state index >= 15 is 0 Å². The lowest BCUT2D eigenvalue weighted by Gasteiger charge is -2.26. The second kappa shape index (κ2) is 13.4. The van der Waals surface area contributed by atoms with Gasteiger partial charge in [-0.3, -0.25) is 4.57 Å². The van der Waals surface area contributed by atoms with Crippen LogP contribution in [0.15, 0.2) is 212 Å². The van der Waals surface area contributed by atoms with Gasteiger partial charge in [0.1, 0.15) is 5.82 Å². The molecule has 0 spiro atoms. The molecule has 3 heteroatoms. The Kier molecular flexibility index (Phi) is 7.81. The van der Waals surface area contributed by atoms with Crippen LogP contribution < -0.4 is 4.90 Å². The zero-order valence-electron chi connectivity index (χ0n) is 29.5. The highest BCUT2D eigenvalue weighted by Gasteiger charge is 2.18. The van der Waals surface area contributed by atoms with Crippen LogP contribution in [0.5, 0.6) is 0 Å². The molecule has 0 aliphatic heterocycles. The Morgan fingerprint density at radius 3 is 1.54 bits per heavy atom. The lowest BCUT2D eigenvalue weighted by molar-refractivity contribution is 1.10. The summed E-state index contributed by atoms with van der Waals surface area (Å²) in [4.78, 5) is 7.58. The first kappa shape index (κ1) is 31.5. The number of fused-ring (bicyclic) bond motifs is 3. The molecular weight excluding hydrogens is 655 g/mol. The number of anilines is 3. The van der Waals surface area contributed by atoms with Gasteiger partial charge in [0.15, 0.2) is 0 Å². The lowest BCUT2D eigenvalue weighted by atomic mass is 9.98. The minimum atomic E-state index is 0.913. The van der Waals surface area contributed by atoms with Crippen LogP contribution in [0.25, 0.3) is 71.9 Å². The molecule has 0 saturated heterocycles. The largest absolute Gasteiger partial charge is 0.311 e. The quantitative estimate of drug-likeness (QED) is 0.166. The summed E-state index contributed by atoms with van der Waals surface area (Å²) < 4.78 is 2.28. The summed E-state index contributed by atoms with van der Waals surface area (Å²) >= 11 is 0. The van der Waals surface area contributed by atoms with Crippen molar-refractivity contribution in [2.75, 3.05) is 4.90 Å². The normalized spacial score (nSPS) is 11.3. The van der Waals surface area contributed by atoms with Gasteiger partial charge in [0.25, 0.3) is 0 Å². The molecule has 0 aliphatic rings. The molecule has 0 N–H and O–H groups in total. The molecule has 10 rings (SSSR count). The molecule has 54 heavy (non-hydrogen) atoms. The number of nitrogens with zero attached hydrogens (tertiary/aromatic N) is 3. The highest BCUT2D eigenvalue weighted by atomic mass is 15.1. The molecule has 0 bridgehead atoms. The van der Waals surface area contributed by atoms with Crippen LogP contribution in [0.2, 0.25) is 0 Å². The monoisotopic (exact) mass is 689 g/mol. The van der Waals surface area contributed by atoms with Crippen molar-refractivity contribution in [2.45, 2.75) is 0 Å². The van der Waals surface area contributed by atoms with Crippen LogP contribution in [0.1, 0.15) is 0 Å². The van der Waals surface area contributed by atoms with Crippen LogP contribution >= 0.6 is 0 Å². The van der Waals surface area contributed by atoms with Crippen LogP contribution in [-0.2, 0) is 0 Å². The second-order valence-electron chi connectivity index (χ2n) is 13.7. The second-order valence-corrected chi connectivity index (χ2v) is 13.7. The van der Waals surface area contributed by atoms with Gasteiger partial charge in [-0.2, -0.15) is 0 Å². The minimum Gasteiger partial charge on any atom is -0.311 e. The van der Waals surface area contributed by atoms with Crippen LogP contribution in [-0.4, -0.2) is 9.55 Å². The zero-order valence-corrected chi connectivity index (χ0v) is 29.5. The summed E-state index contributed by atoms with van der Waals surface area (Å²) in [5.74, 6) is 0.913. The molecular formula is C51H35N3. The smallest absolute Gasteiger partial charge is 0.145 e. The number of hydrogen-bond donors (Lipinski definition) is 0. The fourth-order valence-electron chi connectivity index (χ4n) is 7.70. The predicted octanol–water partition coefficient (Wildman–Crippen LogP) is 13.8. The van der Waals surface area contributed by atoms with Crippen LogP contribution in [0.3, 0.4) is 0 Å². The van der Waals surface area contributed by atoms with E-state index in [4.69, 9.17) is 4.98 Å². The van der Waals surface area contributed by atoms with Crippen molar-refractivity contribution in [3.63, 3.8) is 0 Å². The van der Waals surface area contributed by atoms with Crippen LogP contribution in [0, 0.1) is 0 Å². The molecule has 254 valence electrons. The fraction of sp³-hybridized carbons (Fsp3) is 0. The highest BCUT2D eigenvalue weighted by Crippen LogP contribution is 2.39. The van der Waals surface area contributed by atoms with E-state index in [1.165, 1.54) is 43.8 Å². The van der Waals surface area contributed by atoms with E-state index in [1.54, 1.807) is 0 Å². The van der Waals surface area contributed by atoms with Gasteiger partial charge in [-0.15, -0.1) is 0 Å². The van der Waals surface area contributed by atoms with Gasteiger partial charge >= 0.3 is 0 Å². The van der Waals surface area contributed by atoms with Crippen molar-refractivity contribution in [1.82, 2.24) is 9.55 Å². The van der Waals surface area contributed by atoms with Gasteiger partial charge < -0.3 is 4.90 Å². The highest BCUT2D eigenvalue weighted by molar-refractivity contribution is 5.98. The first-order valence-corrected chi connectivity index (χ1v) is 18.4. The number of hydrogen-bond acceptors (Lipinski definition) is 2. The third-order valence-electron chi connectivity index (χ3n) is 10.4. The van der Waals surface area contributed by atoms with Crippen molar-refractivity contribution in [2.24, 2.45) is 0 Å². The molecule has 0 radical (unpaired) electrons. The molecule has 0 atom stereocenters. The number of benzene rings is 9. The summed E-state index contributed by atoms with van der Waals surface area (Å²) in [6.07, 6.45) is 0. The Morgan fingerprint density at radius 1 is 0.370 bits per heavy atom. The van der Waals surface area contributed by atoms with Crippen molar-refractivity contribution in [3.8, 4) is 39.3 Å². The predicted molar refractivity (Wildman–Crippen MR) is 227 cm³/mol. The first-order chi connectivity index (χ1) is 26.8. The molecule has 10 aromatic rings. The Morgan fingerprint density at radius 2 is 0.870 bits per heavy atom. The summed E-state index contributed by atoms with van der Waals surface area (Å²) in [5, 5.41) is 4.88. The van der Waals surface area contributed by atoms with E-state index in [0.717, 1.165) is 45.2 Å². The molecule has 9 aromatic carbocycles. The molecule has 0 amide bonds. The van der Waals surface area contributed by atoms with Crippen molar-refractivity contribution < 1.29 is 0 Å². The molecule has 0 saturated carbocycles. The SMILES string of the molecule is c1ccc(-c2ccc(N(c3ccc(-c4cccc5ccccc45)cc3)c3ccc(-c4nc5cc6ccccc6cc5n4-c4ccccc4)cc3)cc2)cc1. The standard InChI is InChI=1S/C51H35N3/c1-3-12-36(13-4-1)37-22-28-44(29-23-37)53(45-30-24-39(25-31-45)48-21-11-17-38-14-9-10-20-47(38)48)46-32-26-40(27-33-46)51-52-49-34-41-15-7-8-16-42(41)35-50(49)54(51)43-18-5-2-6-19-43/h1-35H. The average Bonchev–Trinajstić information content (AvgIpc) is 3.62. The van der Waals surface area contributed by atoms with Crippen molar-refractivity contribution in [3.05, 3.63) is 212 Å². The number of para-hydroxylation sites is 1. The summed E-state index contributed by atoms with van der Waals surface area (Å²) in [6.45, 7) is 0. The van der Waals surface area contributed by atoms with Gasteiger partial charge in [0, 0.05) is 28.3 Å². The Labute approximate surface area is 314 Å². The summed E-state index contributed by atoms with van der Waals surface area (Å²) in [6, 6.07) is 75.8. The summed E-state index contributed by atoms with van der Waals surface area (Å²) in [7, 11) is 0. The Bertz CT molecular complexity index is 2890. The molecule has 0 aliphatic carbocycles. The maximum atomic E-state index is 5.25. The topological polar surface area (TPSA) is 21.1 Å². The molecule has 0 fully saturated rings. The first-order valence-electron chi connectivity index (χ1n) is 18.4. The van der Waals surface area contributed by atoms with Gasteiger partial charge in [-0.25, -0.2) is 4.98 Å².